The molecule has 0 saturated carbocycles. The molecule has 0 aliphatic carbocycles. The molecule has 1 atom stereocenters. The van der Waals surface area contributed by atoms with Gasteiger partial charge < -0.3 is 14.2 Å². The number of ether oxygens (including phenoxy) is 3. The second-order valence-corrected chi connectivity index (χ2v) is 4.17. The van der Waals surface area contributed by atoms with Crippen LogP contribution in [0.3, 0.4) is 0 Å². The summed E-state index contributed by atoms with van der Waals surface area (Å²) in [6.45, 7) is 8.77. The first kappa shape index (κ1) is 12.5. The average Bonchev–Trinajstić information content (AvgIpc) is 2.39. The molecule has 0 aromatic rings. The molecule has 0 N–H and O–H groups in total. The summed E-state index contributed by atoms with van der Waals surface area (Å²) in [4.78, 5) is 11.2. The molecular weight excluding hydrogens is 196 g/mol. The molecule has 0 aromatic carbocycles. The zero-order chi connectivity index (χ0) is 11.5. The summed E-state index contributed by atoms with van der Waals surface area (Å²) < 4.78 is 16.2. The van der Waals surface area contributed by atoms with Crippen molar-refractivity contribution in [3.63, 3.8) is 0 Å². The van der Waals surface area contributed by atoms with Crippen LogP contribution in [0.1, 0.15) is 34.1 Å². The third-order valence-electron chi connectivity index (χ3n) is 2.65. The van der Waals surface area contributed by atoms with Gasteiger partial charge in [-0.2, -0.15) is 0 Å². The first-order valence-corrected chi connectivity index (χ1v) is 5.46. The van der Waals surface area contributed by atoms with E-state index in [0.29, 0.717) is 19.6 Å². The summed E-state index contributed by atoms with van der Waals surface area (Å²) in [6, 6.07) is 0. The third-order valence-corrected chi connectivity index (χ3v) is 2.65. The van der Waals surface area contributed by atoms with Crippen molar-refractivity contribution >= 4 is 5.97 Å². The fourth-order valence-corrected chi connectivity index (χ4v) is 1.87. The summed E-state index contributed by atoms with van der Waals surface area (Å²) in [5.74, 6) is -0.195. The second-order valence-electron chi connectivity index (χ2n) is 4.17. The molecule has 0 bridgehead atoms. The van der Waals surface area contributed by atoms with Crippen LogP contribution in [0, 0.1) is 5.92 Å². The first-order chi connectivity index (χ1) is 7.01. The van der Waals surface area contributed by atoms with Crippen molar-refractivity contribution in [3.05, 3.63) is 0 Å². The van der Waals surface area contributed by atoms with Gasteiger partial charge in [-0.15, -0.1) is 0 Å². The maximum atomic E-state index is 11.2. The minimum atomic E-state index is -0.494. The number of cyclic esters (lactones) is 1. The van der Waals surface area contributed by atoms with E-state index in [2.05, 4.69) is 0 Å². The Morgan fingerprint density at radius 2 is 1.93 bits per heavy atom. The number of esters is 1. The molecule has 88 valence electrons. The summed E-state index contributed by atoms with van der Waals surface area (Å²) in [6.07, 6.45) is 0.0268. The van der Waals surface area contributed by atoms with E-state index in [4.69, 9.17) is 14.2 Å². The fourth-order valence-electron chi connectivity index (χ4n) is 1.87. The first-order valence-electron chi connectivity index (χ1n) is 5.46. The van der Waals surface area contributed by atoms with Gasteiger partial charge in [0, 0.05) is 13.2 Å². The Morgan fingerprint density at radius 1 is 1.40 bits per heavy atom. The number of carbonyl (C=O) groups is 1. The average molecular weight is 216 g/mol. The van der Waals surface area contributed by atoms with E-state index in [1.54, 1.807) is 0 Å². The van der Waals surface area contributed by atoms with E-state index >= 15 is 0 Å². The van der Waals surface area contributed by atoms with Crippen LogP contribution < -0.4 is 0 Å². The van der Waals surface area contributed by atoms with Gasteiger partial charge in [0.1, 0.15) is 5.60 Å². The van der Waals surface area contributed by atoms with Gasteiger partial charge in [-0.1, -0.05) is 0 Å². The van der Waals surface area contributed by atoms with Gasteiger partial charge >= 0.3 is 5.97 Å². The normalized spacial score (nSPS) is 24.6. The standard InChI is InChI=1S/C11H20O4/c1-5-13-10(14-6-2)8-7-9(12)15-11(8,3)4/h8,10H,5-7H2,1-4H3. The van der Waals surface area contributed by atoms with Gasteiger partial charge in [0.25, 0.3) is 0 Å². The predicted octanol–water partition coefficient (Wildman–Crippen LogP) is 1.73. The number of carbonyl (C=O) groups excluding carboxylic acids is 1. The fraction of sp³-hybridized carbons (Fsp3) is 0.909. The molecule has 1 aliphatic rings. The highest BCUT2D eigenvalue weighted by atomic mass is 16.7. The van der Waals surface area contributed by atoms with Gasteiger partial charge in [0.15, 0.2) is 6.29 Å². The molecule has 0 radical (unpaired) electrons. The Morgan fingerprint density at radius 3 is 2.27 bits per heavy atom. The van der Waals surface area contributed by atoms with Crippen LogP contribution in [0.15, 0.2) is 0 Å². The Hall–Kier alpha value is -0.610. The van der Waals surface area contributed by atoms with Crippen molar-refractivity contribution in [2.45, 2.75) is 46.0 Å². The highest BCUT2D eigenvalue weighted by molar-refractivity contribution is 5.72. The number of hydrogen-bond donors (Lipinski definition) is 0. The Labute approximate surface area is 90.9 Å². The lowest BCUT2D eigenvalue weighted by atomic mass is 9.90. The maximum Gasteiger partial charge on any atom is 0.306 e. The molecule has 1 heterocycles. The zero-order valence-electron chi connectivity index (χ0n) is 9.91. The minimum Gasteiger partial charge on any atom is -0.459 e. The largest absolute Gasteiger partial charge is 0.459 e. The predicted molar refractivity (Wildman–Crippen MR) is 55.3 cm³/mol. The van der Waals surface area contributed by atoms with Crippen molar-refractivity contribution in [1.29, 1.82) is 0 Å². The zero-order valence-corrected chi connectivity index (χ0v) is 9.91. The molecule has 15 heavy (non-hydrogen) atoms. The lowest BCUT2D eigenvalue weighted by Crippen LogP contribution is -2.39. The number of rotatable bonds is 5. The van der Waals surface area contributed by atoms with E-state index in [1.807, 2.05) is 27.7 Å². The third kappa shape index (κ3) is 2.92. The monoisotopic (exact) mass is 216 g/mol. The molecule has 1 aliphatic heterocycles. The SMILES string of the molecule is CCOC(OCC)C1CC(=O)OC1(C)C. The van der Waals surface area contributed by atoms with Crippen LogP contribution in [0.5, 0.6) is 0 Å². The number of hydrogen-bond acceptors (Lipinski definition) is 4. The Balaban J connectivity index is 2.69. The van der Waals surface area contributed by atoms with Crippen LogP contribution in [0.25, 0.3) is 0 Å². The molecule has 1 fully saturated rings. The Bertz CT molecular complexity index is 219. The van der Waals surface area contributed by atoms with Gasteiger partial charge in [-0.05, 0) is 27.7 Å². The molecule has 0 aromatic heterocycles. The summed E-state index contributed by atoms with van der Waals surface area (Å²) >= 11 is 0. The summed E-state index contributed by atoms with van der Waals surface area (Å²) in [5, 5.41) is 0. The molecule has 1 rings (SSSR count). The van der Waals surface area contributed by atoms with E-state index in [9.17, 15) is 4.79 Å². The van der Waals surface area contributed by atoms with Crippen LogP contribution in [0.2, 0.25) is 0 Å². The lowest BCUT2D eigenvalue weighted by Gasteiger charge is -2.30. The van der Waals surface area contributed by atoms with E-state index < -0.39 is 5.60 Å². The van der Waals surface area contributed by atoms with E-state index in [0.717, 1.165) is 0 Å². The highest BCUT2D eigenvalue weighted by Gasteiger charge is 2.46. The van der Waals surface area contributed by atoms with Crippen LogP contribution in [-0.4, -0.2) is 31.1 Å². The van der Waals surface area contributed by atoms with Crippen molar-refractivity contribution in [3.8, 4) is 0 Å². The van der Waals surface area contributed by atoms with Gasteiger partial charge in [-0.3, -0.25) is 4.79 Å². The molecule has 4 heteroatoms. The second kappa shape index (κ2) is 4.94. The quantitative estimate of drug-likeness (QED) is 0.518. The highest BCUT2D eigenvalue weighted by Crippen LogP contribution is 2.36. The van der Waals surface area contributed by atoms with E-state index in [1.165, 1.54) is 0 Å². The van der Waals surface area contributed by atoms with Crippen molar-refractivity contribution < 1.29 is 19.0 Å². The molecule has 0 amide bonds. The summed E-state index contributed by atoms with van der Waals surface area (Å²) in [5.41, 5.74) is -0.494. The van der Waals surface area contributed by atoms with Crippen molar-refractivity contribution in [1.82, 2.24) is 0 Å². The smallest absolute Gasteiger partial charge is 0.306 e. The molecule has 4 nitrogen and oxygen atoms in total. The maximum absolute atomic E-state index is 11.2. The topological polar surface area (TPSA) is 44.8 Å². The molecule has 1 unspecified atom stereocenters. The van der Waals surface area contributed by atoms with Crippen LogP contribution in [0.4, 0.5) is 0 Å². The van der Waals surface area contributed by atoms with Crippen molar-refractivity contribution in [2.24, 2.45) is 5.92 Å². The summed E-state index contributed by atoms with van der Waals surface area (Å²) in [7, 11) is 0. The van der Waals surface area contributed by atoms with Crippen LogP contribution in [-0.2, 0) is 19.0 Å². The minimum absolute atomic E-state index is 0.0232. The van der Waals surface area contributed by atoms with Crippen LogP contribution >= 0.6 is 0 Å². The Kier molecular flexibility index (Phi) is 4.11. The lowest BCUT2D eigenvalue weighted by molar-refractivity contribution is -0.189. The van der Waals surface area contributed by atoms with Gasteiger partial charge in [0.2, 0.25) is 0 Å². The molecule has 0 spiro atoms. The van der Waals surface area contributed by atoms with Crippen molar-refractivity contribution in [2.75, 3.05) is 13.2 Å². The van der Waals surface area contributed by atoms with Gasteiger partial charge in [-0.25, -0.2) is 0 Å². The van der Waals surface area contributed by atoms with E-state index in [-0.39, 0.29) is 18.2 Å². The molecular formula is C11H20O4. The molecule has 1 saturated heterocycles. The van der Waals surface area contributed by atoms with Gasteiger partial charge in [0.05, 0.1) is 12.3 Å².